The van der Waals surface area contributed by atoms with Crippen molar-refractivity contribution in [2.24, 2.45) is 0 Å². The highest BCUT2D eigenvalue weighted by Gasteiger charge is 2.20. The maximum absolute atomic E-state index is 12.6. The average molecular weight is 351 g/mol. The number of carbonyl (C=O) groups is 1. The second-order valence-corrected chi connectivity index (χ2v) is 6.57. The summed E-state index contributed by atoms with van der Waals surface area (Å²) in [4.78, 5) is 21.0. The molecule has 3 rings (SSSR count). The fraction of sp³-hybridized carbons (Fsp3) is 0.333. The van der Waals surface area contributed by atoms with Crippen LogP contribution in [0.15, 0.2) is 43.1 Å². The van der Waals surface area contributed by atoms with Crippen molar-refractivity contribution in [1.29, 1.82) is 0 Å². The Hall–Kier alpha value is -2.66. The monoisotopic (exact) mass is 351 g/mol. The van der Waals surface area contributed by atoms with Crippen LogP contribution in [0.4, 0.5) is 17.2 Å². The van der Waals surface area contributed by atoms with E-state index in [1.807, 2.05) is 38.2 Å². The van der Waals surface area contributed by atoms with E-state index in [-0.39, 0.29) is 5.91 Å². The minimum atomic E-state index is -0.192. The third-order valence-corrected chi connectivity index (χ3v) is 4.79. The number of hydrogen-bond donors (Lipinski definition) is 0. The molecule has 1 aliphatic rings. The number of benzene rings is 1. The maximum Gasteiger partial charge on any atom is 0.256 e. The van der Waals surface area contributed by atoms with Crippen molar-refractivity contribution in [1.82, 2.24) is 4.98 Å². The summed E-state index contributed by atoms with van der Waals surface area (Å²) >= 11 is 0. The zero-order valence-electron chi connectivity index (χ0n) is 15.7. The Morgan fingerprint density at radius 1 is 1.15 bits per heavy atom. The first-order valence-corrected chi connectivity index (χ1v) is 8.84. The van der Waals surface area contributed by atoms with E-state index in [1.165, 1.54) is 11.6 Å². The van der Waals surface area contributed by atoms with Crippen LogP contribution in [-0.4, -0.2) is 37.2 Å². The number of rotatable bonds is 4. The summed E-state index contributed by atoms with van der Waals surface area (Å²) < 4.78 is 5.39. The molecule has 5 heteroatoms. The van der Waals surface area contributed by atoms with Crippen molar-refractivity contribution in [3.05, 3.63) is 59.8 Å². The van der Waals surface area contributed by atoms with Crippen molar-refractivity contribution in [2.45, 2.75) is 20.8 Å². The smallest absolute Gasteiger partial charge is 0.256 e. The van der Waals surface area contributed by atoms with Gasteiger partial charge in [-0.2, -0.15) is 0 Å². The van der Waals surface area contributed by atoms with E-state index in [1.54, 1.807) is 4.90 Å². The molecule has 136 valence electrons. The standard InChI is InChI=1S/C21H25N3O2/c1-5-21(25)24(19-13-16(3)15(2)12-17(19)4)20-7-6-18(14-22-20)23-8-10-26-11-9-23/h5-7,12-14H,1,8-11H2,2-4H3. The van der Waals surface area contributed by atoms with Gasteiger partial charge in [0, 0.05) is 13.1 Å². The van der Waals surface area contributed by atoms with Gasteiger partial charge in [0.25, 0.3) is 5.91 Å². The molecule has 1 aliphatic heterocycles. The van der Waals surface area contributed by atoms with Crippen LogP contribution in [0.5, 0.6) is 0 Å². The zero-order chi connectivity index (χ0) is 18.7. The number of pyridine rings is 1. The highest BCUT2D eigenvalue weighted by Crippen LogP contribution is 2.31. The number of ether oxygens (including phenoxy) is 1. The van der Waals surface area contributed by atoms with Crippen LogP contribution >= 0.6 is 0 Å². The molecular weight excluding hydrogens is 326 g/mol. The Labute approximate surface area is 154 Å². The molecule has 26 heavy (non-hydrogen) atoms. The summed E-state index contributed by atoms with van der Waals surface area (Å²) in [5, 5.41) is 0. The number of nitrogens with zero attached hydrogens (tertiary/aromatic N) is 3. The van der Waals surface area contributed by atoms with Crippen molar-refractivity contribution in [2.75, 3.05) is 36.1 Å². The van der Waals surface area contributed by atoms with E-state index in [0.29, 0.717) is 5.82 Å². The molecule has 1 aromatic heterocycles. The van der Waals surface area contributed by atoms with E-state index in [9.17, 15) is 4.79 Å². The van der Waals surface area contributed by atoms with Crippen molar-refractivity contribution in [3.8, 4) is 0 Å². The van der Waals surface area contributed by atoms with Gasteiger partial charge in [-0.15, -0.1) is 0 Å². The number of aryl methyl sites for hydroxylation is 3. The lowest BCUT2D eigenvalue weighted by atomic mass is 10.0. The van der Waals surface area contributed by atoms with E-state index in [0.717, 1.165) is 48.8 Å². The fourth-order valence-corrected chi connectivity index (χ4v) is 3.15. The average Bonchev–Trinajstić information content (AvgIpc) is 2.67. The van der Waals surface area contributed by atoms with Gasteiger partial charge in [-0.1, -0.05) is 12.6 Å². The largest absolute Gasteiger partial charge is 0.378 e. The Morgan fingerprint density at radius 3 is 2.46 bits per heavy atom. The van der Waals surface area contributed by atoms with Crippen LogP contribution in [0, 0.1) is 20.8 Å². The number of anilines is 3. The third-order valence-electron chi connectivity index (χ3n) is 4.79. The molecule has 0 bridgehead atoms. The summed E-state index contributed by atoms with van der Waals surface area (Å²) in [6.45, 7) is 12.9. The van der Waals surface area contributed by atoms with Crippen LogP contribution in [0.3, 0.4) is 0 Å². The molecule has 1 saturated heterocycles. The second kappa shape index (κ2) is 7.70. The van der Waals surface area contributed by atoms with Gasteiger partial charge in [-0.25, -0.2) is 4.98 Å². The number of carbonyl (C=O) groups excluding carboxylic acids is 1. The second-order valence-electron chi connectivity index (χ2n) is 6.57. The molecule has 0 unspecified atom stereocenters. The molecule has 0 radical (unpaired) electrons. The number of amides is 1. The maximum atomic E-state index is 12.6. The number of aromatic nitrogens is 1. The summed E-state index contributed by atoms with van der Waals surface area (Å²) in [5.74, 6) is 0.404. The van der Waals surface area contributed by atoms with Gasteiger partial charge in [-0.3, -0.25) is 9.69 Å². The van der Waals surface area contributed by atoms with Gasteiger partial charge in [0.05, 0.1) is 30.8 Å². The fourth-order valence-electron chi connectivity index (χ4n) is 3.15. The first kappa shape index (κ1) is 18.1. The summed E-state index contributed by atoms with van der Waals surface area (Å²) in [5.41, 5.74) is 5.25. The van der Waals surface area contributed by atoms with Gasteiger partial charge >= 0.3 is 0 Å². The predicted octanol–water partition coefficient (Wildman–Crippen LogP) is 3.69. The Bertz CT molecular complexity index is 809. The lowest BCUT2D eigenvalue weighted by Crippen LogP contribution is -2.36. The van der Waals surface area contributed by atoms with Crippen LogP contribution < -0.4 is 9.80 Å². The summed E-state index contributed by atoms with van der Waals surface area (Å²) in [7, 11) is 0. The molecule has 0 aliphatic carbocycles. The van der Waals surface area contributed by atoms with Crippen molar-refractivity contribution >= 4 is 23.1 Å². The molecule has 1 aromatic carbocycles. The minimum Gasteiger partial charge on any atom is -0.378 e. The summed E-state index contributed by atoms with van der Waals surface area (Å²) in [6.07, 6.45) is 3.15. The van der Waals surface area contributed by atoms with Crippen LogP contribution in [0.2, 0.25) is 0 Å². The Balaban J connectivity index is 1.97. The quantitative estimate of drug-likeness (QED) is 0.788. The van der Waals surface area contributed by atoms with E-state index in [4.69, 9.17) is 4.74 Å². The van der Waals surface area contributed by atoms with Crippen LogP contribution in [0.1, 0.15) is 16.7 Å². The SMILES string of the molecule is C=CC(=O)N(c1ccc(N2CCOCC2)cn1)c1cc(C)c(C)cc1C. The molecule has 1 amide bonds. The lowest BCUT2D eigenvalue weighted by molar-refractivity contribution is -0.113. The highest BCUT2D eigenvalue weighted by atomic mass is 16.5. The molecule has 2 heterocycles. The molecule has 0 atom stereocenters. The number of hydrogen-bond acceptors (Lipinski definition) is 4. The van der Waals surface area contributed by atoms with Crippen molar-refractivity contribution in [3.63, 3.8) is 0 Å². The Morgan fingerprint density at radius 2 is 1.85 bits per heavy atom. The first-order valence-electron chi connectivity index (χ1n) is 8.84. The summed E-state index contributed by atoms with van der Waals surface area (Å²) in [6, 6.07) is 8.02. The van der Waals surface area contributed by atoms with Gasteiger partial charge in [0.2, 0.25) is 0 Å². The van der Waals surface area contributed by atoms with Crippen LogP contribution in [0.25, 0.3) is 0 Å². The van der Waals surface area contributed by atoms with Crippen molar-refractivity contribution < 1.29 is 9.53 Å². The lowest BCUT2D eigenvalue weighted by Gasteiger charge is -2.29. The van der Waals surface area contributed by atoms with E-state index < -0.39 is 0 Å². The molecule has 1 fully saturated rings. The van der Waals surface area contributed by atoms with Crippen LogP contribution in [-0.2, 0) is 9.53 Å². The normalized spacial score (nSPS) is 14.2. The molecule has 2 aromatic rings. The Kier molecular flexibility index (Phi) is 5.38. The van der Waals surface area contributed by atoms with E-state index in [2.05, 4.69) is 29.5 Å². The topological polar surface area (TPSA) is 45.7 Å². The third kappa shape index (κ3) is 3.63. The molecule has 5 nitrogen and oxygen atoms in total. The van der Waals surface area contributed by atoms with Gasteiger partial charge in [0.1, 0.15) is 5.82 Å². The molecule has 0 saturated carbocycles. The molecular formula is C21H25N3O2. The van der Waals surface area contributed by atoms with Gasteiger partial charge < -0.3 is 9.64 Å². The molecule has 0 N–H and O–H groups in total. The van der Waals surface area contributed by atoms with E-state index >= 15 is 0 Å². The number of morpholine rings is 1. The highest BCUT2D eigenvalue weighted by molar-refractivity contribution is 6.06. The first-order chi connectivity index (χ1) is 12.5. The van der Waals surface area contributed by atoms with Gasteiger partial charge in [0.15, 0.2) is 0 Å². The predicted molar refractivity (Wildman–Crippen MR) is 105 cm³/mol. The molecule has 0 spiro atoms. The minimum absolute atomic E-state index is 0.192. The zero-order valence-corrected chi connectivity index (χ0v) is 15.7. The van der Waals surface area contributed by atoms with Gasteiger partial charge in [-0.05, 0) is 61.7 Å².